The Labute approximate surface area is 179 Å². The molecule has 0 atom stereocenters. The van der Waals surface area contributed by atoms with Gasteiger partial charge in [0.2, 0.25) is 0 Å². The van der Waals surface area contributed by atoms with Crippen LogP contribution in [0.25, 0.3) is 22.3 Å². The summed E-state index contributed by atoms with van der Waals surface area (Å²) in [5.74, 6) is 1.49. The number of rotatable bonds is 6. The molecule has 4 rings (SSSR count). The molecule has 3 aromatic carbocycles. The number of hydrogen-bond donors (Lipinski definition) is 1. The monoisotopic (exact) mass is 415 g/mol. The van der Waals surface area contributed by atoms with Gasteiger partial charge in [-0.15, -0.1) is 0 Å². The van der Waals surface area contributed by atoms with Gasteiger partial charge in [-0.05, 0) is 61.5 Å². The van der Waals surface area contributed by atoms with Crippen LogP contribution >= 0.6 is 0 Å². The summed E-state index contributed by atoms with van der Waals surface area (Å²) in [6, 6.07) is 20.6. The maximum atomic E-state index is 12.6. The predicted octanol–water partition coefficient (Wildman–Crippen LogP) is 5.12. The summed E-state index contributed by atoms with van der Waals surface area (Å²) in [4.78, 5) is 25.2. The normalized spacial score (nSPS) is 10.6. The van der Waals surface area contributed by atoms with E-state index in [1.807, 2.05) is 31.2 Å². The summed E-state index contributed by atoms with van der Waals surface area (Å²) >= 11 is 0. The molecule has 0 aliphatic heterocycles. The quantitative estimate of drug-likeness (QED) is 0.473. The highest BCUT2D eigenvalue weighted by atomic mass is 16.5. The van der Waals surface area contributed by atoms with Crippen LogP contribution in [0.3, 0.4) is 0 Å². The summed E-state index contributed by atoms with van der Waals surface area (Å²) in [5.41, 5.74) is 1.97. The maximum absolute atomic E-state index is 12.6. The molecule has 0 saturated carbocycles. The second-order valence-electron chi connectivity index (χ2n) is 6.83. The topological polar surface area (TPSA) is 77.8 Å². The van der Waals surface area contributed by atoms with E-state index in [2.05, 4.69) is 5.32 Å². The van der Waals surface area contributed by atoms with Crippen LogP contribution in [-0.4, -0.2) is 19.6 Å². The van der Waals surface area contributed by atoms with Crippen molar-refractivity contribution < 1.29 is 18.7 Å². The first-order valence-electron chi connectivity index (χ1n) is 9.84. The van der Waals surface area contributed by atoms with E-state index in [9.17, 15) is 9.59 Å². The smallest absolute Gasteiger partial charge is 0.255 e. The van der Waals surface area contributed by atoms with Crippen LogP contribution in [0.2, 0.25) is 0 Å². The summed E-state index contributed by atoms with van der Waals surface area (Å²) in [6.45, 7) is 2.50. The zero-order valence-electron chi connectivity index (χ0n) is 17.2. The molecule has 0 aliphatic rings. The number of nitrogens with one attached hydrogen (secondary N) is 1. The first kappa shape index (κ1) is 20.2. The lowest BCUT2D eigenvalue weighted by atomic mass is 10.1. The third kappa shape index (κ3) is 4.43. The summed E-state index contributed by atoms with van der Waals surface area (Å²) in [6.07, 6.45) is 0. The molecule has 0 bridgehead atoms. The van der Waals surface area contributed by atoms with Crippen LogP contribution in [0.4, 0.5) is 5.69 Å². The lowest BCUT2D eigenvalue weighted by molar-refractivity contribution is 0.102. The number of anilines is 1. The fraction of sp³-hybridized carbons (Fsp3) is 0.120. The number of methoxy groups -OCH3 is 1. The molecule has 0 spiro atoms. The second kappa shape index (κ2) is 8.75. The van der Waals surface area contributed by atoms with Crippen molar-refractivity contribution in [2.45, 2.75) is 6.92 Å². The van der Waals surface area contributed by atoms with Gasteiger partial charge < -0.3 is 19.2 Å². The Balaban J connectivity index is 1.64. The predicted molar refractivity (Wildman–Crippen MR) is 120 cm³/mol. The number of benzene rings is 3. The van der Waals surface area contributed by atoms with Crippen molar-refractivity contribution in [3.63, 3.8) is 0 Å². The van der Waals surface area contributed by atoms with Crippen LogP contribution < -0.4 is 20.2 Å². The molecule has 0 saturated heterocycles. The fourth-order valence-electron chi connectivity index (χ4n) is 3.22. The van der Waals surface area contributed by atoms with E-state index in [4.69, 9.17) is 13.9 Å². The molecule has 6 heteroatoms. The molecule has 0 aliphatic carbocycles. The Morgan fingerprint density at radius 2 is 1.77 bits per heavy atom. The zero-order valence-corrected chi connectivity index (χ0v) is 17.2. The Morgan fingerprint density at radius 3 is 2.52 bits per heavy atom. The van der Waals surface area contributed by atoms with Gasteiger partial charge in [-0.2, -0.15) is 0 Å². The minimum atomic E-state index is -0.289. The van der Waals surface area contributed by atoms with Crippen molar-refractivity contribution in [2.24, 2.45) is 0 Å². The molecule has 0 fully saturated rings. The summed E-state index contributed by atoms with van der Waals surface area (Å²) in [7, 11) is 1.55. The van der Waals surface area contributed by atoms with Crippen molar-refractivity contribution in [3.05, 3.63) is 88.6 Å². The molecular weight excluding hydrogens is 394 g/mol. The van der Waals surface area contributed by atoms with Crippen molar-refractivity contribution in [2.75, 3.05) is 19.0 Å². The molecule has 0 radical (unpaired) electrons. The van der Waals surface area contributed by atoms with Crippen molar-refractivity contribution >= 4 is 22.6 Å². The average molecular weight is 415 g/mol. The van der Waals surface area contributed by atoms with Gasteiger partial charge in [-0.1, -0.05) is 6.07 Å². The highest BCUT2D eigenvalue weighted by molar-refractivity contribution is 6.05. The molecule has 1 heterocycles. The highest BCUT2D eigenvalue weighted by Crippen LogP contribution is 2.26. The van der Waals surface area contributed by atoms with Crippen LogP contribution in [-0.2, 0) is 0 Å². The number of carbonyl (C=O) groups excluding carboxylic acids is 1. The standard InChI is InChI=1S/C25H21NO5/c1-3-30-19-10-7-16(8-11-19)23-15-22(27)21-12-9-18(14-24(21)31-23)26-25(28)17-5-4-6-20(13-17)29-2/h4-15H,3H2,1-2H3,(H,26,28). The third-order valence-electron chi connectivity index (χ3n) is 4.77. The summed E-state index contributed by atoms with van der Waals surface area (Å²) < 4.78 is 16.6. The van der Waals surface area contributed by atoms with E-state index in [0.29, 0.717) is 40.3 Å². The van der Waals surface area contributed by atoms with Crippen LogP contribution in [0.15, 0.2) is 82.0 Å². The van der Waals surface area contributed by atoms with Gasteiger partial charge >= 0.3 is 0 Å². The third-order valence-corrected chi connectivity index (χ3v) is 4.77. The second-order valence-corrected chi connectivity index (χ2v) is 6.83. The molecule has 1 aromatic heterocycles. The number of ether oxygens (including phenoxy) is 2. The number of fused-ring (bicyclic) bond motifs is 1. The van der Waals surface area contributed by atoms with Crippen LogP contribution in [0.1, 0.15) is 17.3 Å². The SMILES string of the molecule is CCOc1ccc(-c2cc(=O)c3ccc(NC(=O)c4cccc(OC)c4)cc3o2)cc1. The minimum absolute atomic E-state index is 0.157. The minimum Gasteiger partial charge on any atom is -0.497 e. The summed E-state index contributed by atoms with van der Waals surface area (Å²) in [5, 5.41) is 3.27. The Hall–Kier alpha value is -4.06. The maximum Gasteiger partial charge on any atom is 0.255 e. The van der Waals surface area contributed by atoms with E-state index < -0.39 is 0 Å². The highest BCUT2D eigenvalue weighted by Gasteiger charge is 2.11. The number of hydrogen-bond acceptors (Lipinski definition) is 5. The number of carbonyl (C=O) groups is 1. The van der Waals surface area contributed by atoms with Gasteiger partial charge in [0.15, 0.2) is 5.43 Å². The molecule has 6 nitrogen and oxygen atoms in total. The number of amides is 1. The van der Waals surface area contributed by atoms with E-state index >= 15 is 0 Å². The molecule has 0 unspecified atom stereocenters. The van der Waals surface area contributed by atoms with E-state index in [1.54, 1.807) is 49.6 Å². The molecule has 4 aromatic rings. The molecule has 31 heavy (non-hydrogen) atoms. The van der Waals surface area contributed by atoms with Crippen molar-refractivity contribution in [1.82, 2.24) is 0 Å². The largest absolute Gasteiger partial charge is 0.497 e. The zero-order chi connectivity index (χ0) is 21.8. The van der Waals surface area contributed by atoms with Crippen LogP contribution in [0.5, 0.6) is 11.5 Å². The first-order valence-corrected chi connectivity index (χ1v) is 9.84. The Morgan fingerprint density at radius 1 is 0.968 bits per heavy atom. The van der Waals surface area contributed by atoms with Gasteiger partial charge in [0.05, 0.1) is 19.1 Å². The molecule has 1 N–H and O–H groups in total. The van der Waals surface area contributed by atoms with Crippen molar-refractivity contribution in [1.29, 1.82) is 0 Å². The van der Waals surface area contributed by atoms with E-state index in [0.717, 1.165) is 11.3 Å². The Bertz CT molecular complexity index is 1290. The van der Waals surface area contributed by atoms with Gasteiger partial charge in [0.25, 0.3) is 5.91 Å². The van der Waals surface area contributed by atoms with E-state index in [-0.39, 0.29) is 11.3 Å². The molecule has 1 amide bonds. The fourth-order valence-corrected chi connectivity index (χ4v) is 3.22. The molecule has 156 valence electrons. The molecular formula is C25H21NO5. The Kier molecular flexibility index (Phi) is 5.71. The first-order chi connectivity index (χ1) is 15.1. The van der Waals surface area contributed by atoms with Crippen LogP contribution in [0, 0.1) is 0 Å². The lowest BCUT2D eigenvalue weighted by Gasteiger charge is -2.09. The van der Waals surface area contributed by atoms with Gasteiger partial charge in [0, 0.05) is 28.9 Å². The van der Waals surface area contributed by atoms with Gasteiger partial charge in [0.1, 0.15) is 22.8 Å². The van der Waals surface area contributed by atoms with E-state index in [1.165, 1.54) is 6.07 Å². The van der Waals surface area contributed by atoms with Crippen molar-refractivity contribution in [3.8, 4) is 22.8 Å². The van der Waals surface area contributed by atoms with Gasteiger partial charge in [-0.3, -0.25) is 9.59 Å². The average Bonchev–Trinajstić information content (AvgIpc) is 2.79. The van der Waals surface area contributed by atoms with Gasteiger partial charge in [-0.25, -0.2) is 0 Å². The lowest BCUT2D eigenvalue weighted by Crippen LogP contribution is -2.12.